The molecular formula is C16H20O3S. The van der Waals surface area contributed by atoms with E-state index in [1.54, 1.807) is 12.1 Å². The SMILES string of the molecule is Cc1ccc(S(=O)(=O)[C@H]2C[C@@H]3C[C@@H]2[C@H]2COC[C@H]32)cc1. The average molecular weight is 292 g/mol. The van der Waals surface area contributed by atoms with Gasteiger partial charge >= 0.3 is 0 Å². The lowest BCUT2D eigenvalue weighted by Crippen LogP contribution is -2.35. The van der Waals surface area contributed by atoms with Crippen molar-refractivity contribution in [3.05, 3.63) is 29.8 Å². The minimum Gasteiger partial charge on any atom is -0.381 e. The molecule has 3 aliphatic rings. The Hall–Kier alpha value is -0.870. The monoisotopic (exact) mass is 292 g/mol. The maximum absolute atomic E-state index is 12.9. The van der Waals surface area contributed by atoms with E-state index in [1.165, 1.54) is 0 Å². The lowest BCUT2D eigenvalue weighted by Gasteiger charge is -2.29. The molecule has 0 unspecified atom stereocenters. The van der Waals surface area contributed by atoms with Crippen LogP contribution in [0.2, 0.25) is 0 Å². The molecule has 2 aliphatic carbocycles. The van der Waals surface area contributed by atoms with Gasteiger partial charge in [0, 0.05) is 0 Å². The molecule has 1 heterocycles. The van der Waals surface area contributed by atoms with Crippen molar-refractivity contribution in [2.45, 2.75) is 29.9 Å². The highest BCUT2D eigenvalue weighted by atomic mass is 32.2. The smallest absolute Gasteiger partial charge is 0.181 e. The summed E-state index contributed by atoms with van der Waals surface area (Å²) in [5, 5.41) is -0.182. The highest BCUT2D eigenvalue weighted by Crippen LogP contribution is 2.57. The van der Waals surface area contributed by atoms with Gasteiger partial charge in [-0.05, 0) is 55.6 Å². The third-order valence-corrected chi connectivity index (χ3v) is 7.93. The Kier molecular flexibility index (Phi) is 2.77. The van der Waals surface area contributed by atoms with Gasteiger partial charge in [-0.1, -0.05) is 17.7 Å². The van der Waals surface area contributed by atoms with E-state index in [9.17, 15) is 8.42 Å². The number of aryl methyl sites for hydroxylation is 1. The molecule has 0 radical (unpaired) electrons. The quantitative estimate of drug-likeness (QED) is 0.841. The zero-order valence-electron chi connectivity index (χ0n) is 11.7. The highest BCUT2D eigenvalue weighted by molar-refractivity contribution is 7.92. The molecule has 20 heavy (non-hydrogen) atoms. The second-order valence-electron chi connectivity index (χ2n) is 6.66. The maximum atomic E-state index is 12.9. The Labute approximate surface area is 120 Å². The van der Waals surface area contributed by atoms with E-state index in [-0.39, 0.29) is 5.25 Å². The fourth-order valence-electron chi connectivity index (χ4n) is 4.64. The van der Waals surface area contributed by atoms with Crippen LogP contribution in [-0.4, -0.2) is 26.9 Å². The molecule has 4 rings (SSSR count). The molecule has 1 aromatic carbocycles. The second kappa shape index (κ2) is 4.31. The van der Waals surface area contributed by atoms with Gasteiger partial charge in [0.2, 0.25) is 0 Å². The molecule has 0 amide bonds. The van der Waals surface area contributed by atoms with Gasteiger partial charge in [0.25, 0.3) is 0 Å². The van der Waals surface area contributed by atoms with Gasteiger partial charge in [-0.2, -0.15) is 0 Å². The van der Waals surface area contributed by atoms with Gasteiger partial charge in [0.1, 0.15) is 0 Å². The molecule has 1 saturated heterocycles. The summed E-state index contributed by atoms with van der Waals surface area (Å²) in [6, 6.07) is 7.31. The molecule has 2 bridgehead atoms. The van der Waals surface area contributed by atoms with E-state index < -0.39 is 9.84 Å². The molecule has 4 heteroatoms. The van der Waals surface area contributed by atoms with Gasteiger partial charge in [-0.15, -0.1) is 0 Å². The topological polar surface area (TPSA) is 43.4 Å². The first-order chi connectivity index (χ1) is 9.57. The van der Waals surface area contributed by atoms with Gasteiger partial charge in [-0.3, -0.25) is 0 Å². The first-order valence-electron chi connectivity index (χ1n) is 7.45. The molecule has 0 N–H and O–H groups in total. The molecule has 5 atom stereocenters. The van der Waals surface area contributed by atoms with Crippen LogP contribution in [0.4, 0.5) is 0 Å². The van der Waals surface area contributed by atoms with Gasteiger partial charge in [0.05, 0.1) is 23.4 Å². The van der Waals surface area contributed by atoms with E-state index in [0.717, 1.165) is 31.6 Å². The molecular weight excluding hydrogens is 272 g/mol. The largest absolute Gasteiger partial charge is 0.381 e. The van der Waals surface area contributed by atoms with Crippen molar-refractivity contribution >= 4 is 9.84 Å². The number of ether oxygens (including phenoxy) is 1. The van der Waals surface area contributed by atoms with Crippen molar-refractivity contribution in [1.82, 2.24) is 0 Å². The zero-order valence-corrected chi connectivity index (χ0v) is 12.5. The minimum atomic E-state index is -3.18. The number of benzene rings is 1. The zero-order chi connectivity index (χ0) is 13.9. The second-order valence-corrected chi connectivity index (χ2v) is 8.82. The van der Waals surface area contributed by atoms with Crippen molar-refractivity contribution < 1.29 is 13.2 Å². The molecule has 0 spiro atoms. The third-order valence-electron chi connectivity index (χ3n) is 5.66. The first-order valence-corrected chi connectivity index (χ1v) is 9.00. The normalized spacial score (nSPS) is 39.1. The van der Waals surface area contributed by atoms with Crippen LogP contribution in [0.3, 0.4) is 0 Å². The van der Waals surface area contributed by atoms with E-state index in [2.05, 4.69) is 0 Å². The van der Waals surface area contributed by atoms with Crippen LogP contribution in [0.5, 0.6) is 0 Å². The van der Waals surface area contributed by atoms with Crippen LogP contribution < -0.4 is 0 Å². The number of hydrogen-bond acceptors (Lipinski definition) is 3. The Morgan fingerprint density at radius 2 is 1.70 bits per heavy atom. The summed E-state index contributed by atoms with van der Waals surface area (Å²) in [4.78, 5) is 0.496. The van der Waals surface area contributed by atoms with E-state index in [0.29, 0.717) is 28.6 Å². The van der Waals surface area contributed by atoms with Crippen molar-refractivity contribution in [2.75, 3.05) is 13.2 Å². The lowest BCUT2D eigenvalue weighted by atomic mass is 9.81. The van der Waals surface area contributed by atoms with Crippen LogP contribution in [0.15, 0.2) is 29.2 Å². The Balaban J connectivity index is 1.66. The first kappa shape index (κ1) is 12.8. The van der Waals surface area contributed by atoms with Crippen molar-refractivity contribution in [3.63, 3.8) is 0 Å². The van der Waals surface area contributed by atoms with Crippen LogP contribution in [0.1, 0.15) is 18.4 Å². The lowest BCUT2D eigenvalue weighted by molar-refractivity contribution is 0.164. The molecule has 3 nitrogen and oxygen atoms in total. The number of fused-ring (bicyclic) bond motifs is 5. The Morgan fingerprint density at radius 1 is 1.00 bits per heavy atom. The number of hydrogen-bond donors (Lipinski definition) is 0. The van der Waals surface area contributed by atoms with Crippen molar-refractivity contribution in [2.24, 2.45) is 23.7 Å². The van der Waals surface area contributed by atoms with Crippen LogP contribution in [0.25, 0.3) is 0 Å². The molecule has 2 saturated carbocycles. The van der Waals surface area contributed by atoms with Gasteiger partial charge < -0.3 is 4.74 Å². The maximum Gasteiger partial charge on any atom is 0.181 e. The van der Waals surface area contributed by atoms with Crippen LogP contribution >= 0.6 is 0 Å². The van der Waals surface area contributed by atoms with Crippen LogP contribution in [-0.2, 0) is 14.6 Å². The minimum absolute atomic E-state index is 0.182. The molecule has 1 aromatic rings. The van der Waals surface area contributed by atoms with Gasteiger partial charge in [-0.25, -0.2) is 8.42 Å². The predicted octanol–water partition coefficient (Wildman–Crippen LogP) is 2.44. The molecule has 3 fully saturated rings. The number of sulfone groups is 1. The fourth-order valence-corrected chi connectivity index (χ4v) is 6.78. The average Bonchev–Trinajstić information content (AvgIpc) is 3.12. The third kappa shape index (κ3) is 1.70. The molecule has 108 valence electrons. The summed E-state index contributed by atoms with van der Waals surface area (Å²) in [6.45, 7) is 3.60. The van der Waals surface area contributed by atoms with E-state index in [1.807, 2.05) is 19.1 Å². The highest BCUT2D eigenvalue weighted by Gasteiger charge is 2.58. The van der Waals surface area contributed by atoms with Crippen LogP contribution in [0, 0.1) is 30.6 Å². The van der Waals surface area contributed by atoms with Crippen molar-refractivity contribution in [3.8, 4) is 0 Å². The standard InChI is InChI=1S/C16H20O3S/c1-10-2-4-12(5-3-10)20(17,18)16-7-11-6-13(16)15-9-19-8-14(11)15/h2-5,11,13-16H,6-9H2,1H3/t11-,13+,14+,15+,16-/m0/s1. The Bertz CT molecular complexity index is 620. The van der Waals surface area contributed by atoms with E-state index >= 15 is 0 Å². The molecule has 0 aromatic heterocycles. The number of rotatable bonds is 2. The molecule has 1 aliphatic heterocycles. The predicted molar refractivity (Wildman–Crippen MR) is 76.2 cm³/mol. The summed E-state index contributed by atoms with van der Waals surface area (Å²) in [5.41, 5.74) is 1.10. The fraction of sp³-hybridized carbons (Fsp3) is 0.625. The summed E-state index contributed by atoms with van der Waals surface area (Å²) >= 11 is 0. The summed E-state index contributed by atoms with van der Waals surface area (Å²) in [5.74, 6) is 2.00. The van der Waals surface area contributed by atoms with E-state index in [4.69, 9.17) is 4.74 Å². The summed E-state index contributed by atoms with van der Waals surface area (Å²) < 4.78 is 31.3. The van der Waals surface area contributed by atoms with Crippen molar-refractivity contribution in [1.29, 1.82) is 0 Å². The summed E-state index contributed by atoms with van der Waals surface area (Å²) in [7, 11) is -3.18. The van der Waals surface area contributed by atoms with Gasteiger partial charge in [0.15, 0.2) is 9.84 Å². The summed E-state index contributed by atoms with van der Waals surface area (Å²) in [6.07, 6.45) is 1.93. The Morgan fingerprint density at radius 3 is 2.45 bits per heavy atom.